The number of pyridine rings is 1. The molecule has 1 aliphatic rings. The predicted octanol–water partition coefficient (Wildman–Crippen LogP) is 13.5. The molecular formula is C47H30N2S2. The fourth-order valence-electron chi connectivity index (χ4n) is 7.43. The fourth-order valence-corrected chi connectivity index (χ4v) is 9.70. The maximum atomic E-state index is 4.72. The van der Waals surface area contributed by atoms with Gasteiger partial charge in [0, 0.05) is 53.4 Å². The first-order chi connectivity index (χ1) is 25.3. The van der Waals surface area contributed by atoms with Crippen molar-refractivity contribution in [3.05, 3.63) is 182 Å². The maximum absolute atomic E-state index is 4.72. The van der Waals surface area contributed by atoms with Crippen molar-refractivity contribution in [2.24, 2.45) is 0 Å². The average Bonchev–Trinajstić information content (AvgIpc) is 3.53. The first-order valence-electron chi connectivity index (χ1n) is 17.1. The average molecular weight is 687 g/mol. The van der Waals surface area contributed by atoms with Crippen LogP contribution in [-0.2, 0) is 0 Å². The molecule has 10 rings (SSSR count). The van der Waals surface area contributed by atoms with Crippen molar-refractivity contribution in [3.63, 3.8) is 0 Å². The predicted molar refractivity (Wildman–Crippen MR) is 215 cm³/mol. The molecule has 0 N–H and O–H groups in total. The molecule has 2 aromatic heterocycles. The topological polar surface area (TPSA) is 17.8 Å². The zero-order valence-corrected chi connectivity index (χ0v) is 29.2. The highest BCUT2D eigenvalue weighted by molar-refractivity contribution is 8.00. The lowest BCUT2D eigenvalue weighted by Crippen LogP contribution is -1.96. The van der Waals surface area contributed by atoms with Crippen molar-refractivity contribution in [2.45, 2.75) is 19.6 Å². The molecule has 0 amide bonds. The number of fused-ring (bicyclic) bond motifs is 9. The summed E-state index contributed by atoms with van der Waals surface area (Å²) in [5.41, 5.74) is 13.0. The van der Waals surface area contributed by atoms with Crippen LogP contribution in [0.5, 0.6) is 0 Å². The van der Waals surface area contributed by atoms with E-state index in [0.717, 1.165) is 16.9 Å². The van der Waals surface area contributed by atoms with E-state index in [1.54, 1.807) is 0 Å². The Labute approximate surface area is 305 Å². The summed E-state index contributed by atoms with van der Waals surface area (Å²) >= 11 is 3.70. The van der Waals surface area contributed by atoms with Gasteiger partial charge < -0.3 is 4.57 Å². The van der Waals surface area contributed by atoms with E-state index in [-0.39, 0.29) is 0 Å². The van der Waals surface area contributed by atoms with E-state index in [0.29, 0.717) is 0 Å². The van der Waals surface area contributed by atoms with Crippen molar-refractivity contribution in [2.75, 3.05) is 0 Å². The standard InChI is InChI=1S/C47H30N2S2/c1-2-13-33(14-3-1)49-41-20-7-4-15-35(41)36-26-24-31(29-42(36)49)34-18-12-23-45-47(34)39-27-25-32(40-19-10-11-28-48-40)30-46(39)51-44-22-9-6-17-38(44)37-16-5-8-21-43(37)50-45/h1-30H. The molecule has 0 unspecified atom stereocenters. The van der Waals surface area contributed by atoms with Crippen LogP contribution in [0.4, 0.5) is 0 Å². The summed E-state index contributed by atoms with van der Waals surface area (Å²) in [5, 5.41) is 2.51. The molecule has 9 aromatic rings. The van der Waals surface area contributed by atoms with E-state index in [1.165, 1.54) is 74.8 Å². The highest BCUT2D eigenvalue weighted by Gasteiger charge is 2.23. The second-order valence-electron chi connectivity index (χ2n) is 12.7. The summed E-state index contributed by atoms with van der Waals surface area (Å²) in [4.78, 5) is 9.64. The van der Waals surface area contributed by atoms with E-state index >= 15 is 0 Å². The van der Waals surface area contributed by atoms with Crippen LogP contribution in [0.15, 0.2) is 202 Å². The summed E-state index contributed by atoms with van der Waals surface area (Å²) in [6.45, 7) is 0. The number of nitrogens with zero attached hydrogens (tertiary/aromatic N) is 2. The molecule has 0 atom stereocenters. The number of hydrogen-bond acceptors (Lipinski definition) is 3. The van der Waals surface area contributed by atoms with E-state index in [2.05, 4.69) is 174 Å². The highest BCUT2D eigenvalue weighted by Crippen LogP contribution is 2.51. The quantitative estimate of drug-likeness (QED) is 0.184. The van der Waals surface area contributed by atoms with Crippen molar-refractivity contribution in [3.8, 4) is 50.3 Å². The zero-order valence-electron chi connectivity index (χ0n) is 27.5. The molecule has 51 heavy (non-hydrogen) atoms. The van der Waals surface area contributed by atoms with Crippen LogP contribution in [0, 0.1) is 0 Å². The first-order valence-corrected chi connectivity index (χ1v) is 18.8. The van der Waals surface area contributed by atoms with Crippen LogP contribution in [0.2, 0.25) is 0 Å². The van der Waals surface area contributed by atoms with Crippen molar-refractivity contribution in [1.29, 1.82) is 0 Å². The lowest BCUT2D eigenvalue weighted by atomic mass is 9.93. The molecule has 0 saturated heterocycles. The summed E-state index contributed by atoms with van der Waals surface area (Å²) in [5.74, 6) is 0. The Morgan fingerprint density at radius 1 is 0.392 bits per heavy atom. The highest BCUT2D eigenvalue weighted by atomic mass is 32.2. The third-order valence-corrected chi connectivity index (χ3v) is 12.0. The lowest BCUT2D eigenvalue weighted by Gasteiger charge is -2.22. The Morgan fingerprint density at radius 2 is 1.04 bits per heavy atom. The van der Waals surface area contributed by atoms with E-state index < -0.39 is 0 Å². The molecule has 1 aliphatic heterocycles. The van der Waals surface area contributed by atoms with Crippen molar-refractivity contribution in [1.82, 2.24) is 9.55 Å². The minimum absolute atomic E-state index is 0.971. The van der Waals surface area contributed by atoms with Gasteiger partial charge in [-0.25, -0.2) is 0 Å². The number of hydrogen-bond donors (Lipinski definition) is 0. The minimum atomic E-state index is 0.971. The van der Waals surface area contributed by atoms with Gasteiger partial charge in [-0.1, -0.05) is 139 Å². The fraction of sp³-hybridized carbons (Fsp3) is 0. The van der Waals surface area contributed by atoms with Crippen LogP contribution in [-0.4, -0.2) is 9.55 Å². The summed E-state index contributed by atoms with van der Waals surface area (Å²) in [6, 6.07) is 63.9. The second-order valence-corrected chi connectivity index (χ2v) is 14.9. The Morgan fingerprint density at radius 3 is 1.84 bits per heavy atom. The van der Waals surface area contributed by atoms with E-state index in [9.17, 15) is 0 Å². The third kappa shape index (κ3) is 5.18. The van der Waals surface area contributed by atoms with Crippen LogP contribution < -0.4 is 0 Å². The summed E-state index contributed by atoms with van der Waals surface area (Å²) in [7, 11) is 0. The van der Waals surface area contributed by atoms with Gasteiger partial charge in [0.05, 0.1) is 16.7 Å². The second kappa shape index (κ2) is 12.5. The van der Waals surface area contributed by atoms with Gasteiger partial charge in [0.2, 0.25) is 0 Å². The summed E-state index contributed by atoms with van der Waals surface area (Å²) < 4.78 is 2.40. The van der Waals surface area contributed by atoms with Gasteiger partial charge in [-0.05, 0) is 88.5 Å². The normalized spacial score (nSPS) is 12.2. The van der Waals surface area contributed by atoms with Gasteiger partial charge in [-0.3, -0.25) is 4.98 Å². The number of benzene rings is 7. The molecule has 7 aromatic carbocycles. The van der Waals surface area contributed by atoms with Gasteiger partial charge in [0.1, 0.15) is 0 Å². The maximum Gasteiger partial charge on any atom is 0.0702 e. The third-order valence-electron chi connectivity index (χ3n) is 9.74. The lowest BCUT2D eigenvalue weighted by molar-refractivity contribution is 1.18. The molecule has 3 heterocycles. The summed E-state index contributed by atoms with van der Waals surface area (Å²) in [6.07, 6.45) is 1.87. The first kappa shape index (κ1) is 30.1. The van der Waals surface area contributed by atoms with Crippen molar-refractivity contribution >= 4 is 45.3 Å². The van der Waals surface area contributed by atoms with Crippen LogP contribution in [0.3, 0.4) is 0 Å². The minimum Gasteiger partial charge on any atom is -0.309 e. The van der Waals surface area contributed by atoms with Crippen molar-refractivity contribution < 1.29 is 0 Å². The molecule has 0 saturated carbocycles. The number of para-hydroxylation sites is 2. The Hall–Kier alpha value is -5.81. The molecule has 0 spiro atoms. The zero-order chi connectivity index (χ0) is 33.7. The molecule has 0 bridgehead atoms. The van der Waals surface area contributed by atoms with E-state index in [1.807, 2.05) is 35.8 Å². The Kier molecular flexibility index (Phi) is 7.37. The largest absolute Gasteiger partial charge is 0.309 e. The number of rotatable bonds is 3. The SMILES string of the molecule is c1ccc(-n2c3ccccc3c3ccc(-c4cccc5c4-c4ccc(-c6ccccn6)cc4Sc4ccccc4-c4ccccc4S5)cc32)cc1. The van der Waals surface area contributed by atoms with Gasteiger partial charge in [0.25, 0.3) is 0 Å². The van der Waals surface area contributed by atoms with Gasteiger partial charge in [0.15, 0.2) is 0 Å². The smallest absolute Gasteiger partial charge is 0.0702 e. The van der Waals surface area contributed by atoms with Gasteiger partial charge in [-0.15, -0.1) is 0 Å². The van der Waals surface area contributed by atoms with Gasteiger partial charge in [-0.2, -0.15) is 0 Å². The molecule has 2 nitrogen and oxygen atoms in total. The Bertz CT molecular complexity index is 2750. The number of aromatic nitrogens is 2. The molecule has 0 radical (unpaired) electrons. The molecular weight excluding hydrogens is 657 g/mol. The molecule has 0 fully saturated rings. The Balaban J connectivity index is 1.25. The van der Waals surface area contributed by atoms with Crippen LogP contribution in [0.25, 0.3) is 72.1 Å². The van der Waals surface area contributed by atoms with Gasteiger partial charge >= 0.3 is 0 Å². The molecule has 0 aliphatic carbocycles. The van der Waals surface area contributed by atoms with Crippen LogP contribution in [0.1, 0.15) is 0 Å². The van der Waals surface area contributed by atoms with E-state index in [4.69, 9.17) is 4.98 Å². The molecule has 4 heteroatoms. The molecule has 240 valence electrons. The van der Waals surface area contributed by atoms with Crippen LogP contribution >= 0.6 is 23.5 Å². The monoisotopic (exact) mass is 686 g/mol.